The van der Waals surface area contributed by atoms with Gasteiger partial charge in [0.1, 0.15) is 11.3 Å². The van der Waals surface area contributed by atoms with Gasteiger partial charge in [-0.15, -0.1) is 0 Å². The highest BCUT2D eigenvalue weighted by Crippen LogP contribution is 2.28. The highest BCUT2D eigenvalue weighted by Gasteiger charge is 2.12. The van der Waals surface area contributed by atoms with Gasteiger partial charge in [0, 0.05) is 43.1 Å². The molecule has 0 saturated heterocycles. The fourth-order valence-corrected chi connectivity index (χ4v) is 2.36. The molecule has 21 heavy (non-hydrogen) atoms. The summed E-state index contributed by atoms with van der Waals surface area (Å²) in [5, 5.41) is 12.4. The van der Waals surface area contributed by atoms with Gasteiger partial charge < -0.3 is 20.0 Å². The molecule has 0 aliphatic heterocycles. The molecule has 3 N–H and O–H groups in total. The molecule has 3 aromatic rings. The summed E-state index contributed by atoms with van der Waals surface area (Å²) in [4.78, 5) is 19.2. The summed E-state index contributed by atoms with van der Waals surface area (Å²) in [7, 11) is 1.95. The number of carbonyl (C=O) groups excluding carboxylic acids is 1. The Kier molecular flexibility index (Phi) is 3.45. The van der Waals surface area contributed by atoms with Crippen LogP contribution >= 0.6 is 0 Å². The Hall–Kier alpha value is -2.60. The predicted molar refractivity (Wildman–Crippen MR) is 79.9 cm³/mol. The van der Waals surface area contributed by atoms with Gasteiger partial charge in [-0.3, -0.25) is 4.79 Å². The number of hydrogen-bond donors (Lipinski definition) is 3. The van der Waals surface area contributed by atoms with Crippen molar-refractivity contribution in [2.75, 3.05) is 13.2 Å². The number of fused-ring (bicyclic) bond motifs is 1. The second kappa shape index (κ2) is 5.41. The summed E-state index contributed by atoms with van der Waals surface area (Å²) in [6, 6.07) is 5.74. The maximum absolute atomic E-state index is 11.8. The van der Waals surface area contributed by atoms with Crippen LogP contribution in [0, 0.1) is 0 Å². The Balaban J connectivity index is 1.97. The number of aryl methyl sites for hydroxylation is 1. The van der Waals surface area contributed by atoms with E-state index >= 15 is 0 Å². The number of aliphatic hydroxyl groups is 1. The molecular weight excluding hydrogens is 268 g/mol. The second-order valence-electron chi connectivity index (χ2n) is 4.80. The van der Waals surface area contributed by atoms with Crippen molar-refractivity contribution in [3.05, 3.63) is 42.5 Å². The third-order valence-electron chi connectivity index (χ3n) is 3.40. The molecule has 0 fully saturated rings. The molecule has 0 aliphatic rings. The lowest BCUT2D eigenvalue weighted by Crippen LogP contribution is -2.26. The second-order valence-corrected chi connectivity index (χ2v) is 4.80. The highest BCUT2D eigenvalue weighted by molar-refractivity contribution is 5.97. The van der Waals surface area contributed by atoms with E-state index in [0.717, 1.165) is 22.2 Å². The number of H-pyrrole nitrogens is 1. The zero-order valence-corrected chi connectivity index (χ0v) is 11.6. The fraction of sp³-hybridized carbons (Fsp3) is 0.200. The van der Waals surface area contributed by atoms with E-state index in [9.17, 15) is 4.79 Å². The fourth-order valence-electron chi connectivity index (χ4n) is 2.36. The first-order chi connectivity index (χ1) is 10.2. The zero-order chi connectivity index (χ0) is 14.8. The molecular formula is C15H16N4O2. The van der Waals surface area contributed by atoms with Gasteiger partial charge in [-0.25, -0.2) is 4.98 Å². The van der Waals surface area contributed by atoms with Crippen LogP contribution in [-0.2, 0) is 7.05 Å². The summed E-state index contributed by atoms with van der Waals surface area (Å²) in [6.45, 7) is 0.166. The number of aromatic nitrogens is 3. The molecule has 0 spiro atoms. The van der Waals surface area contributed by atoms with Crippen LogP contribution in [0.3, 0.4) is 0 Å². The van der Waals surface area contributed by atoms with Gasteiger partial charge in [0.15, 0.2) is 0 Å². The van der Waals surface area contributed by atoms with E-state index in [1.165, 1.54) is 0 Å². The van der Waals surface area contributed by atoms with Crippen molar-refractivity contribution in [2.45, 2.75) is 0 Å². The number of nitrogens with zero attached hydrogens (tertiary/aromatic N) is 2. The van der Waals surface area contributed by atoms with Crippen LogP contribution in [0.25, 0.3) is 22.2 Å². The molecule has 0 atom stereocenters. The van der Waals surface area contributed by atoms with Crippen LogP contribution in [0.2, 0.25) is 0 Å². The first kappa shape index (κ1) is 13.4. The molecule has 0 bridgehead atoms. The number of amides is 1. The quantitative estimate of drug-likeness (QED) is 0.675. The molecule has 3 heterocycles. The van der Waals surface area contributed by atoms with Crippen molar-refractivity contribution >= 4 is 16.9 Å². The molecule has 108 valence electrons. The van der Waals surface area contributed by atoms with Crippen LogP contribution in [0.4, 0.5) is 0 Å². The molecule has 0 aromatic carbocycles. The lowest BCUT2D eigenvalue weighted by Gasteiger charge is -2.01. The van der Waals surface area contributed by atoms with E-state index in [-0.39, 0.29) is 19.1 Å². The summed E-state index contributed by atoms with van der Waals surface area (Å²) < 4.78 is 1.96. The minimum atomic E-state index is -0.228. The van der Waals surface area contributed by atoms with E-state index < -0.39 is 0 Å². The van der Waals surface area contributed by atoms with Crippen LogP contribution in [-0.4, -0.2) is 38.7 Å². The van der Waals surface area contributed by atoms with E-state index in [0.29, 0.717) is 5.69 Å². The van der Waals surface area contributed by atoms with Crippen molar-refractivity contribution < 1.29 is 9.90 Å². The van der Waals surface area contributed by atoms with Crippen LogP contribution in [0.5, 0.6) is 0 Å². The average molecular weight is 284 g/mol. The summed E-state index contributed by atoms with van der Waals surface area (Å²) in [6.07, 6.45) is 5.52. The first-order valence-corrected chi connectivity index (χ1v) is 6.68. The minimum Gasteiger partial charge on any atom is -0.395 e. The standard InChI is InChI=1S/C15H16N4O2/c1-19-6-3-12-11(2-4-16-14(12)19)10-8-13(18-9-10)15(21)17-5-7-20/h2-4,6,8-9,18,20H,5,7H2,1H3,(H,17,21). The summed E-state index contributed by atoms with van der Waals surface area (Å²) in [5.74, 6) is -0.228. The molecule has 3 rings (SSSR count). The Bertz CT molecular complexity index is 788. The molecule has 0 saturated carbocycles. The Morgan fingerprint density at radius 2 is 2.33 bits per heavy atom. The van der Waals surface area contributed by atoms with Gasteiger partial charge in [0.05, 0.1) is 6.61 Å². The highest BCUT2D eigenvalue weighted by atomic mass is 16.3. The van der Waals surface area contributed by atoms with Gasteiger partial charge in [-0.1, -0.05) is 0 Å². The number of aromatic amines is 1. The van der Waals surface area contributed by atoms with Crippen LogP contribution < -0.4 is 5.32 Å². The Labute approximate surface area is 121 Å². The summed E-state index contributed by atoms with van der Waals surface area (Å²) >= 11 is 0. The SMILES string of the molecule is Cn1ccc2c(-c3c[nH]c(C(=O)NCCO)c3)ccnc21. The maximum Gasteiger partial charge on any atom is 0.267 e. The van der Waals surface area contributed by atoms with Crippen molar-refractivity contribution in [1.82, 2.24) is 19.9 Å². The van der Waals surface area contributed by atoms with E-state index in [4.69, 9.17) is 5.11 Å². The molecule has 0 unspecified atom stereocenters. The van der Waals surface area contributed by atoms with E-state index in [1.54, 1.807) is 18.5 Å². The zero-order valence-electron chi connectivity index (χ0n) is 11.6. The Morgan fingerprint density at radius 3 is 3.14 bits per heavy atom. The summed E-state index contributed by atoms with van der Waals surface area (Å²) in [5.41, 5.74) is 3.33. The van der Waals surface area contributed by atoms with E-state index in [2.05, 4.69) is 15.3 Å². The van der Waals surface area contributed by atoms with Gasteiger partial charge in [0.25, 0.3) is 5.91 Å². The van der Waals surface area contributed by atoms with Crippen molar-refractivity contribution in [1.29, 1.82) is 0 Å². The molecule has 1 amide bonds. The molecule has 3 aromatic heterocycles. The topological polar surface area (TPSA) is 82.9 Å². The van der Waals surface area contributed by atoms with Crippen molar-refractivity contribution in [3.8, 4) is 11.1 Å². The third-order valence-corrected chi connectivity index (χ3v) is 3.40. The number of hydrogen-bond acceptors (Lipinski definition) is 3. The van der Waals surface area contributed by atoms with Gasteiger partial charge in [0.2, 0.25) is 0 Å². The molecule has 6 nitrogen and oxygen atoms in total. The van der Waals surface area contributed by atoms with Gasteiger partial charge in [-0.2, -0.15) is 0 Å². The van der Waals surface area contributed by atoms with Crippen LogP contribution in [0.1, 0.15) is 10.5 Å². The predicted octanol–water partition coefficient (Wildman–Crippen LogP) is 1.29. The number of rotatable bonds is 4. The molecule has 0 aliphatic carbocycles. The normalized spacial score (nSPS) is 11.0. The average Bonchev–Trinajstić information content (AvgIpc) is 3.12. The van der Waals surface area contributed by atoms with Crippen LogP contribution in [0.15, 0.2) is 36.8 Å². The first-order valence-electron chi connectivity index (χ1n) is 6.68. The number of aliphatic hydroxyl groups excluding tert-OH is 1. The number of pyridine rings is 1. The monoisotopic (exact) mass is 284 g/mol. The molecule has 0 radical (unpaired) electrons. The maximum atomic E-state index is 11.8. The molecule has 6 heteroatoms. The largest absolute Gasteiger partial charge is 0.395 e. The van der Waals surface area contributed by atoms with E-state index in [1.807, 2.05) is 29.9 Å². The van der Waals surface area contributed by atoms with Crippen molar-refractivity contribution in [2.24, 2.45) is 7.05 Å². The number of nitrogens with one attached hydrogen (secondary N) is 2. The van der Waals surface area contributed by atoms with Crippen molar-refractivity contribution in [3.63, 3.8) is 0 Å². The lowest BCUT2D eigenvalue weighted by molar-refractivity contribution is 0.0940. The smallest absolute Gasteiger partial charge is 0.267 e. The van der Waals surface area contributed by atoms with Gasteiger partial charge in [-0.05, 0) is 23.8 Å². The minimum absolute atomic E-state index is 0.0751. The Morgan fingerprint density at radius 1 is 1.48 bits per heavy atom. The number of carbonyl (C=O) groups is 1. The van der Waals surface area contributed by atoms with Gasteiger partial charge >= 0.3 is 0 Å². The lowest BCUT2D eigenvalue weighted by atomic mass is 10.1. The third kappa shape index (κ3) is 2.41.